The van der Waals surface area contributed by atoms with Gasteiger partial charge < -0.3 is 5.11 Å². The summed E-state index contributed by atoms with van der Waals surface area (Å²) < 4.78 is 3.33. The Kier molecular flexibility index (Phi) is 4.66. The van der Waals surface area contributed by atoms with E-state index in [1.165, 1.54) is 4.57 Å². The molecule has 25 heavy (non-hydrogen) atoms. The van der Waals surface area contributed by atoms with Gasteiger partial charge in [0.15, 0.2) is 0 Å². The van der Waals surface area contributed by atoms with Crippen LogP contribution in [0.15, 0.2) is 28.2 Å². The van der Waals surface area contributed by atoms with Gasteiger partial charge in [-0.3, -0.25) is 23.9 Å². The molecule has 3 rings (SSSR count). The molecule has 0 aliphatic carbocycles. The predicted octanol–water partition coefficient (Wildman–Crippen LogP) is 0.259. The Balaban J connectivity index is 1.85. The molecule has 1 aliphatic heterocycles. The number of aromatic nitrogens is 4. The number of H-pyrrole nitrogens is 1. The number of nitrogens with zero attached hydrogens (tertiary/aromatic N) is 4. The van der Waals surface area contributed by atoms with Gasteiger partial charge in [0.2, 0.25) is 0 Å². The molecular formula is C17H25N5O3. The second kappa shape index (κ2) is 6.61. The lowest BCUT2D eigenvalue weighted by atomic mass is 9.88. The van der Waals surface area contributed by atoms with Gasteiger partial charge in [0.25, 0.3) is 5.56 Å². The molecule has 0 bridgehead atoms. The van der Waals surface area contributed by atoms with Crippen molar-refractivity contribution in [1.82, 2.24) is 24.2 Å². The summed E-state index contributed by atoms with van der Waals surface area (Å²) in [6, 6.07) is -0.425. The predicted molar refractivity (Wildman–Crippen MR) is 93.5 cm³/mol. The molecule has 0 spiro atoms. The number of aromatic amines is 1. The first-order valence-corrected chi connectivity index (χ1v) is 8.58. The molecule has 2 aromatic heterocycles. The maximum Gasteiger partial charge on any atom is 0.328 e. The normalized spacial score (nSPS) is 24.6. The van der Waals surface area contributed by atoms with Gasteiger partial charge in [-0.15, -0.1) is 0 Å². The van der Waals surface area contributed by atoms with E-state index in [-0.39, 0.29) is 5.56 Å². The fraction of sp³-hybridized carbons (Fsp3) is 0.588. The molecule has 3 heterocycles. The highest BCUT2D eigenvalue weighted by molar-refractivity contribution is 5.07. The first kappa shape index (κ1) is 17.6. The van der Waals surface area contributed by atoms with E-state index in [0.717, 1.165) is 18.7 Å². The average molecular weight is 347 g/mol. The molecule has 8 heteroatoms. The maximum absolute atomic E-state index is 12.3. The monoisotopic (exact) mass is 347 g/mol. The lowest BCUT2D eigenvalue weighted by Gasteiger charge is -2.43. The molecule has 0 amide bonds. The molecule has 0 unspecified atom stereocenters. The standard InChI is InChI=1S/C17H25N5O3/c1-4-21-10-13(7-18-21)9-20-6-5-17(3,25)14(11-20)22-8-12(2)15(23)19-16(22)24/h7-8,10,14,25H,4-6,9,11H2,1-3H3,(H,19,23,24)/t14-,17-/m1/s1. The molecule has 1 fully saturated rings. The maximum atomic E-state index is 12.3. The van der Waals surface area contributed by atoms with Crippen LogP contribution in [-0.4, -0.2) is 48.0 Å². The van der Waals surface area contributed by atoms with Gasteiger partial charge in [-0.25, -0.2) is 4.79 Å². The number of hydrogen-bond acceptors (Lipinski definition) is 5. The molecule has 136 valence electrons. The average Bonchev–Trinajstić information content (AvgIpc) is 3.00. The number of hydrogen-bond donors (Lipinski definition) is 2. The van der Waals surface area contributed by atoms with E-state index in [1.807, 2.05) is 24.0 Å². The second-order valence-electron chi connectivity index (χ2n) is 7.04. The van der Waals surface area contributed by atoms with Crippen LogP contribution < -0.4 is 11.2 Å². The Labute approximate surface area is 145 Å². The molecule has 1 saturated heterocycles. The second-order valence-corrected chi connectivity index (χ2v) is 7.04. The third kappa shape index (κ3) is 3.59. The summed E-state index contributed by atoms with van der Waals surface area (Å²) in [6.45, 7) is 8.23. The van der Waals surface area contributed by atoms with Gasteiger partial charge in [0.1, 0.15) is 0 Å². The minimum absolute atomic E-state index is 0.388. The molecule has 0 aromatic carbocycles. The van der Waals surface area contributed by atoms with Crippen molar-refractivity contribution in [2.45, 2.75) is 51.9 Å². The van der Waals surface area contributed by atoms with Gasteiger partial charge in [-0.2, -0.15) is 5.10 Å². The lowest BCUT2D eigenvalue weighted by molar-refractivity contribution is -0.0543. The van der Waals surface area contributed by atoms with E-state index in [4.69, 9.17) is 0 Å². The third-order valence-corrected chi connectivity index (χ3v) is 4.98. The zero-order chi connectivity index (χ0) is 18.2. The SMILES string of the molecule is CCn1cc(CN2CC[C@@](C)(O)[C@H](n3cc(C)c(=O)[nH]c3=O)C2)cn1. The van der Waals surface area contributed by atoms with Crippen molar-refractivity contribution in [3.05, 3.63) is 50.6 Å². The van der Waals surface area contributed by atoms with Gasteiger partial charge in [-0.05, 0) is 27.2 Å². The third-order valence-electron chi connectivity index (χ3n) is 4.98. The minimum Gasteiger partial charge on any atom is -0.388 e. The van der Waals surface area contributed by atoms with E-state index in [2.05, 4.69) is 15.0 Å². The Hall–Kier alpha value is -2.19. The van der Waals surface area contributed by atoms with E-state index in [0.29, 0.717) is 25.1 Å². The molecule has 2 N–H and O–H groups in total. The summed E-state index contributed by atoms with van der Waals surface area (Å²) in [4.78, 5) is 28.4. The summed E-state index contributed by atoms with van der Waals surface area (Å²) in [7, 11) is 0. The van der Waals surface area contributed by atoms with Crippen molar-refractivity contribution in [3.8, 4) is 0 Å². The number of aryl methyl sites for hydroxylation is 2. The number of aliphatic hydroxyl groups is 1. The van der Waals surface area contributed by atoms with Crippen LogP contribution in [0.3, 0.4) is 0 Å². The summed E-state index contributed by atoms with van der Waals surface area (Å²) in [5, 5.41) is 15.1. The number of likely N-dealkylation sites (tertiary alicyclic amines) is 1. The topological polar surface area (TPSA) is 96.1 Å². The van der Waals surface area contributed by atoms with Crippen LogP contribution in [0.4, 0.5) is 0 Å². The van der Waals surface area contributed by atoms with E-state index in [1.54, 1.807) is 20.0 Å². The van der Waals surface area contributed by atoms with Gasteiger partial charge in [0, 0.05) is 49.7 Å². The minimum atomic E-state index is -1.02. The largest absolute Gasteiger partial charge is 0.388 e. The Morgan fingerprint density at radius 2 is 2.16 bits per heavy atom. The summed E-state index contributed by atoms with van der Waals surface area (Å²) in [5.74, 6) is 0. The van der Waals surface area contributed by atoms with Crippen LogP contribution in [0.5, 0.6) is 0 Å². The van der Waals surface area contributed by atoms with Gasteiger partial charge in [0.05, 0.1) is 17.8 Å². The van der Waals surface area contributed by atoms with Crippen molar-refractivity contribution >= 4 is 0 Å². The Morgan fingerprint density at radius 1 is 1.40 bits per heavy atom. The van der Waals surface area contributed by atoms with Gasteiger partial charge in [-0.1, -0.05) is 0 Å². The fourth-order valence-electron chi connectivity index (χ4n) is 3.35. The van der Waals surface area contributed by atoms with Crippen molar-refractivity contribution in [2.24, 2.45) is 0 Å². The summed E-state index contributed by atoms with van der Waals surface area (Å²) in [6.07, 6.45) is 5.95. The molecular weight excluding hydrogens is 322 g/mol. The molecule has 0 radical (unpaired) electrons. The first-order chi connectivity index (χ1) is 11.8. The highest BCUT2D eigenvalue weighted by Gasteiger charge is 2.39. The molecule has 2 atom stereocenters. The zero-order valence-electron chi connectivity index (χ0n) is 14.9. The lowest BCUT2D eigenvalue weighted by Crippen LogP contribution is -2.53. The molecule has 8 nitrogen and oxygen atoms in total. The zero-order valence-corrected chi connectivity index (χ0v) is 14.9. The quantitative estimate of drug-likeness (QED) is 0.827. The molecule has 2 aromatic rings. The van der Waals surface area contributed by atoms with Gasteiger partial charge >= 0.3 is 5.69 Å². The number of nitrogens with one attached hydrogen (secondary N) is 1. The van der Waals surface area contributed by atoms with Crippen LogP contribution >= 0.6 is 0 Å². The number of rotatable bonds is 4. The highest BCUT2D eigenvalue weighted by Crippen LogP contribution is 2.31. The van der Waals surface area contributed by atoms with Crippen molar-refractivity contribution in [1.29, 1.82) is 0 Å². The van der Waals surface area contributed by atoms with Crippen molar-refractivity contribution < 1.29 is 5.11 Å². The summed E-state index contributed by atoms with van der Waals surface area (Å²) >= 11 is 0. The van der Waals surface area contributed by atoms with E-state index < -0.39 is 17.3 Å². The van der Waals surface area contributed by atoms with Crippen molar-refractivity contribution in [3.63, 3.8) is 0 Å². The van der Waals surface area contributed by atoms with E-state index >= 15 is 0 Å². The first-order valence-electron chi connectivity index (χ1n) is 8.58. The van der Waals surface area contributed by atoms with Crippen molar-refractivity contribution in [2.75, 3.05) is 13.1 Å². The van der Waals surface area contributed by atoms with Crippen LogP contribution in [0.1, 0.15) is 37.4 Å². The van der Waals surface area contributed by atoms with Crippen LogP contribution in [0.25, 0.3) is 0 Å². The van der Waals surface area contributed by atoms with Crippen LogP contribution in [0.2, 0.25) is 0 Å². The van der Waals surface area contributed by atoms with E-state index in [9.17, 15) is 14.7 Å². The Bertz CT molecular complexity index is 864. The van der Waals surface area contributed by atoms with Crippen LogP contribution in [-0.2, 0) is 13.1 Å². The summed E-state index contributed by atoms with van der Waals surface area (Å²) in [5.41, 5.74) is -0.329. The number of piperidine rings is 1. The molecule has 1 aliphatic rings. The smallest absolute Gasteiger partial charge is 0.328 e. The highest BCUT2D eigenvalue weighted by atomic mass is 16.3. The molecule has 0 saturated carbocycles. The fourth-order valence-corrected chi connectivity index (χ4v) is 3.35. The van der Waals surface area contributed by atoms with Crippen LogP contribution in [0, 0.1) is 6.92 Å². The Morgan fingerprint density at radius 3 is 2.84 bits per heavy atom.